The first-order valence-corrected chi connectivity index (χ1v) is 10.6. The van der Waals surface area contributed by atoms with E-state index in [0.29, 0.717) is 10.2 Å². The monoisotopic (exact) mass is 449 g/mol. The quantitative estimate of drug-likeness (QED) is 0.447. The summed E-state index contributed by atoms with van der Waals surface area (Å²) in [5.41, 5.74) is 0.487. The Hall–Kier alpha value is -4.05. The van der Waals surface area contributed by atoms with Gasteiger partial charge < -0.3 is 5.32 Å². The predicted molar refractivity (Wildman–Crippen MR) is 120 cm³/mol. The van der Waals surface area contributed by atoms with E-state index in [1.165, 1.54) is 38.5 Å². The van der Waals surface area contributed by atoms with Crippen molar-refractivity contribution in [3.63, 3.8) is 0 Å². The number of carbonyl (C=O) groups is 1. The van der Waals surface area contributed by atoms with Crippen LogP contribution in [0.2, 0.25) is 0 Å². The molecule has 0 aliphatic rings. The van der Waals surface area contributed by atoms with Crippen LogP contribution in [0.4, 0.5) is 10.1 Å². The highest BCUT2D eigenvalue weighted by Gasteiger charge is 2.20. The van der Waals surface area contributed by atoms with Crippen molar-refractivity contribution in [1.82, 2.24) is 18.7 Å². The Kier molecular flexibility index (Phi) is 4.91. The summed E-state index contributed by atoms with van der Waals surface area (Å²) in [5, 5.41) is 8.45. The maximum absolute atomic E-state index is 13.8. The van der Waals surface area contributed by atoms with Crippen LogP contribution in [-0.2, 0) is 17.9 Å². The minimum absolute atomic E-state index is 0.00974. The molecule has 0 aliphatic heterocycles. The lowest BCUT2D eigenvalue weighted by atomic mass is 10.2. The Morgan fingerprint density at radius 2 is 1.78 bits per heavy atom. The molecule has 1 amide bonds. The fourth-order valence-electron chi connectivity index (χ4n) is 3.53. The molecule has 0 fully saturated rings. The van der Waals surface area contributed by atoms with Crippen molar-refractivity contribution in [2.45, 2.75) is 13.1 Å². The fourth-order valence-corrected chi connectivity index (χ4v) is 4.36. The van der Waals surface area contributed by atoms with Gasteiger partial charge in [0.2, 0.25) is 11.7 Å². The van der Waals surface area contributed by atoms with Crippen LogP contribution in [-0.4, -0.2) is 24.7 Å². The molecular weight excluding hydrogens is 433 g/mol. The molecule has 0 unspecified atom stereocenters. The van der Waals surface area contributed by atoms with Gasteiger partial charge in [-0.2, -0.15) is 0 Å². The number of benzene rings is 2. The van der Waals surface area contributed by atoms with Gasteiger partial charge in [-0.25, -0.2) is 18.3 Å². The Morgan fingerprint density at radius 1 is 1.03 bits per heavy atom. The smallest absolute Gasteiger partial charge is 0.322 e. The minimum Gasteiger partial charge on any atom is -0.322 e. The number of para-hydroxylation sites is 1. The van der Waals surface area contributed by atoms with Crippen molar-refractivity contribution in [1.29, 1.82) is 0 Å². The third kappa shape index (κ3) is 3.40. The van der Waals surface area contributed by atoms with E-state index in [2.05, 4.69) is 10.4 Å². The van der Waals surface area contributed by atoms with Gasteiger partial charge in [-0.1, -0.05) is 42.5 Å². The Labute approximate surface area is 183 Å². The molecular formula is C22H16FN5O3S. The van der Waals surface area contributed by atoms with Gasteiger partial charge in [-0.3, -0.25) is 14.2 Å². The summed E-state index contributed by atoms with van der Waals surface area (Å²) in [4.78, 5) is 38.7. The first-order valence-electron chi connectivity index (χ1n) is 9.71. The van der Waals surface area contributed by atoms with Gasteiger partial charge in [0.1, 0.15) is 17.1 Å². The number of rotatable bonds is 5. The van der Waals surface area contributed by atoms with Gasteiger partial charge in [0.05, 0.1) is 17.7 Å². The second-order valence-electron chi connectivity index (χ2n) is 7.12. The van der Waals surface area contributed by atoms with Crippen LogP contribution in [0.15, 0.2) is 75.6 Å². The largest absolute Gasteiger partial charge is 0.352 e. The van der Waals surface area contributed by atoms with E-state index in [1.807, 2.05) is 30.3 Å². The van der Waals surface area contributed by atoms with Crippen LogP contribution in [0.5, 0.6) is 0 Å². The molecule has 2 aromatic carbocycles. The van der Waals surface area contributed by atoms with Crippen molar-refractivity contribution in [2.75, 3.05) is 5.32 Å². The lowest BCUT2D eigenvalue weighted by Crippen LogP contribution is -2.29. The summed E-state index contributed by atoms with van der Waals surface area (Å²) in [6.07, 6.45) is 0. The second kappa shape index (κ2) is 7.89. The fraction of sp³-hybridized carbons (Fsp3) is 0.0909. The van der Waals surface area contributed by atoms with Crippen molar-refractivity contribution in [3.05, 3.63) is 98.3 Å². The molecule has 5 rings (SSSR count). The molecule has 8 nitrogen and oxygen atoms in total. The van der Waals surface area contributed by atoms with Gasteiger partial charge in [-0.15, -0.1) is 16.4 Å². The number of hydrogen-bond donors (Lipinski definition) is 1. The van der Waals surface area contributed by atoms with Gasteiger partial charge in [0, 0.05) is 0 Å². The maximum atomic E-state index is 13.8. The molecule has 0 spiro atoms. The van der Waals surface area contributed by atoms with Crippen molar-refractivity contribution in [3.8, 4) is 0 Å². The maximum Gasteiger partial charge on any atom is 0.352 e. The summed E-state index contributed by atoms with van der Waals surface area (Å²) in [7, 11) is 0. The van der Waals surface area contributed by atoms with Crippen LogP contribution in [0.1, 0.15) is 5.56 Å². The molecule has 0 saturated carbocycles. The summed E-state index contributed by atoms with van der Waals surface area (Å²) in [6, 6.07) is 16.8. The molecule has 0 saturated heterocycles. The molecule has 160 valence electrons. The van der Waals surface area contributed by atoms with E-state index in [9.17, 15) is 18.8 Å². The zero-order valence-corrected chi connectivity index (χ0v) is 17.4. The zero-order chi connectivity index (χ0) is 22.2. The number of aromatic nitrogens is 4. The second-order valence-corrected chi connectivity index (χ2v) is 8.03. The average molecular weight is 449 g/mol. The Balaban J connectivity index is 1.60. The van der Waals surface area contributed by atoms with Crippen LogP contribution in [0, 0.1) is 5.82 Å². The van der Waals surface area contributed by atoms with E-state index in [-0.39, 0.29) is 23.6 Å². The zero-order valence-electron chi connectivity index (χ0n) is 16.6. The van der Waals surface area contributed by atoms with Gasteiger partial charge in [0.15, 0.2) is 0 Å². The molecule has 3 heterocycles. The topological polar surface area (TPSA) is 90.4 Å². The number of hydrogen-bond acceptors (Lipinski definition) is 5. The van der Waals surface area contributed by atoms with E-state index in [0.717, 1.165) is 10.2 Å². The third-order valence-corrected chi connectivity index (χ3v) is 5.90. The van der Waals surface area contributed by atoms with Crippen LogP contribution < -0.4 is 16.6 Å². The summed E-state index contributed by atoms with van der Waals surface area (Å²) >= 11 is 1.24. The average Bonchev–Trinajstić information content (AvgIpc) is 3.39. The number of anilines is 1. The summed E-state index contributed by atoms with van der Waals surface area (Å²) < 4.78 is 18.0. The minimum atomic E-state index is -0.612. The van der Waals surface area contributed by atoms with Gasteiger partial charge in [-0.05, 0) is 29.1 Å². The Morgan fingerprint density at radius 3 is 2.56 bits per heavy atom. The van der Waals surface area contributed by atoms with Crippen molar-refractivity contribution >= 4 is 38.9 Å². The molecule has 32 heavy (non-hydrogen) atoms. The molecule has 0 radical (unpaired) electrons. The molecule has 0 aliphatic carbocycles. The number of nitrogens with one attached hydrogen (secondary N) is 1. The van der Waals surface area contributed by atoms with Crippen LogP contribution in [0.25, 0.3) is 16.0 Å². The lowest BCUT2D eigenvalue weighted by molar-refractivity contribution is -0.117. The number of halogens is 1. The van der Waals surface area contributed by atoms with E-state index in [1.54, 1.807) is 17.5 Å². The highest BCUT2D eigenvalue weighted by Crippen LogP contribution is 2.18. The van der Waals surface area contributed by atoms with E-state index >= 15 is 0 Å². The molecule has 3 aromatic heterocycles. The number of amides is 1. The molecule has 0 atom stereocenters. The molecule has 0 bridgehead atoms. The SMILES string of the molecule is O=C(Cn1nc2n(Cc3ccccc3)c(=O)c3sccc3n2c1=O)Nc1ccccc1F. The van der Waals surface area contributed by atoms with Crippen molar-refractivity contribution in [2.24, 2.45) is 0 Å². The summed E-state index contributed by atoms with van der Waals surface area (Å²) in [5.74, 6) is -1.06. The molecule has 10 heteroatoms. The van der Waals surface area contributed by atoms with Gasteiger partial charge in [0.25, 0.3) is 5.56 Å². The number of carbonyl (C=O) groups excluding carboxylic acids is 1. The van der Waals surface area contributed by atoms with E-state index < -0.39 is 24.0 Å². The van der Waals surface area contributed by atoms with Gasteiger partial charge >= 0.3 is 5.69 Å². The number of fused-ring (bicyclic) bond motifs is 3. The number of nitrogens with zero attached hydrogens (tertiary/aromatic N) is 4. The van der Waals surface area contributed by atoms with Crippen LogP contribution >= 0.6 is 11.3 Å². The third-order valence-electron chi connectivity index (χ3n) is 5.01. The van der Waals surface area contributed by atoms with Crippen LogP contribution in [0.3, 0.4) is 0 Å². The molecule has 1 N–H and O–H groups in total. The predicted octanol–water partition coefficient (Wildman–Crippen LogP) is 2.70. The molecule has 5 aromatic rings. The van der Waals surface area contributed by atoms with E-state index in [4.69, 9.17) is 0 Å². The standard InChI is InChI=1S/C22H16FN5O3S/c23-15-8-4-5-9-16(15)24-18(29)13-27-22(31)28-17-10-11-32-19(17)20(30)26(21(28)25-27)12-14-6-2-1-3-7-14/h1-11H,12-13H2,(H,24,29). The van der Waals surface area contributed by atoms with Crippen molar-refractivity contribution < 1.29 is 9.18 Å². The highest BCUT2D eigenvalue weighted by molar-refractivity contribution is 7.17. The lowest BCUT2D eigenvalue weighted by Gasteiger charge is -2.07. The summed E-state index contributed by atoms with van der Waals surface area (Å²) in [6.45, 7) is -0.213. The first-order chi connectivity index (χ1) is 15.5. The number of thiophene rings is 1. The highest BCUT2D eigenvalue weighted by atomic mass is 32.1. The normalized spacial score (nSPS) is 11.3. The first kappa shape index (κ1) is 19.9. The Bertz CT molecular complexity index is 1580.